The molecule has 0 spiro atoms. The van der Waals surface area contributed by atoms with E-state index in [0.717, 1.165) is 50.0 Å². The molecule has 1 aliphatic heterocycles. The molecule has 0 fully saturated rings. The largest absolute Gasteiger partial charge is 0.475 e. The fourth-order valence-corrected chi connectivity index (χ4v) is 5.57. The molecule has 37 heavy (non-hydrogen) atoms. The lowest BCUT2D eigenvalue weighted by Crippen LogP contribution is -2.62. The Morgan fingerprint density at radius 1 is 0.919 bits per heavy atom. The van der Waals surface area contributed by atoms with Gasteiger partial charge in [-0.3, -0.25) is 9.28 Å². The van der Waals surface area contributed by atoms with E-state index < -0.39 is 5.72 Å². The van der Waals surface area contributed by atoms with Crippen molar-refractivity contribution in [3.05, 3.63) is 11.8 Å². The monoisotopic (exact) mass is 536 g/mol. The quantitative estimate of drug-likeness (QED) is 0.0952. The Morgan fingerprint density at radius 2 is 1.51 bits per heavy atom. The second-order valence-corrected chi connectivity index (χ2v) is 12.0. The molecule has 0 saturated heterocycles. The molecule has 0 aliphatic carbocycles. The number of ether oxygens (including phenoxy) is 2. The van der Waals surface area contributed by atoms with Gasteiger partial charge < -0.3 is 9.47 Å². The molecule has 1 aromatic heterocycles. The Morgan fingerprint density at radius 3 is 2.16 bits per heavy atom. The van der Waals surface area contributed by atoms with Crippen molar-refractivity contribution >= 4 is 23.3 Å². The van der Waals surface area contributed by atoms with Crippen LogP contribution in [0.5, 0.6) is 5.88 Å². The van der Waals surface area contributed by atoms with E-state index in [2.05, 4.69) is 49.6 Å². The van der Waals surface area contributed by atoms with Gasteiger partial charge in [0.05, 0.1) is 31.9 Å². The highest BCUT2D eigenvalue weighted by Gasteiger charge is 2.45. The number of esters is 1. The summed E-state index contributed by atoms with van der Waals surface area (Å²) in [5.41, 5.74) is 1.39. The highest BCUT2D eigenvalue weighted by Crippen LogP contribution is 2.35. The molecular weight excluding hydrogens is 482 g/mol. The van der Waals surface area contributed by atoms with E-state index in [4.69, 9.17) is 9.47 Å². The molecule has 1 atom stereocenters. The maximum absolute atomic E-state index is 12.7. The lowest BCUT2D eigenvalue weighted by atomic mass is 10.0. The molecule has 2 rings (SSSR count). The summed E-state index contributed by atoms with van der Waals surface area (Å²) in [6, 6.07) is 0. The van der Waals surface area contributed by atoms with Gasteiger partial charge in [-0.1, -0.05) is 97.0 Å². The zero-order valence-electron chi connectivity index (χ0n) is 24.5. The number of rotatable bonds is 20. The summed E-state index contributed by atoms with van der Waals surface area (Å²) in [5, 5.41) is 0. The van der Waals surface area contributed by atoms with Crippen molar-refractivity contribution in [3.63, 3.8) is 0 Å². The van der Waals surface area contributed by atoms with Gasteiger partial charge in [0.1, 0.15) is 12.2 Å². The molecular formula is C30H54N3O3S+. The first-order valence-corrected chi connectivity index (χ1v) is 15.8. The highest BCUT2D eigenvalue weighted by atomic mass is 32.1. The van der Waals surface area contributed by atoms with E-state index in [9.17, 15) is 4.79 Å². The number of nitrogens with zero attached hydrogens (tertiary/aromatic N) is 3. The van der Waals surface area contributed by atoms with Crippen LogP contribution in [0.25, 0.3) is 5.57 Å². The topological polar surface area (TPSA) is 61.3 Å². The molecule has 7 heteroatoms. The summed E-state index contributed by atoms with van der Waals surface area (Å²) in [6.07, 6.45) is 21.0. The van der Waals surface area contributed by atoms with Crippen LogP contribution in [0.15, 0.2) is 6.08 Å². The Hall–Kier alpha value is -1.47. The summed E-state index contributed by atoms with van der Waals surface area (Å²) in [7, 11) is 2.19. The van der Waals surface area contributed by atoms with Crippen molar-refractivity contribution in [2.75, 3.05) is 26.7 Å². The number of hydrogen-bond donors (Lipinski definition) is 0. The molecule has 0 saturated carbocycles. The minimum absolute atomic E-state index is 0.0774. The van der Waals surface area contributed by atoms with E-state index in [1.807, 2.05) is 0 Å². The standard InChI is InChI=1S/C30H54N3O3S/c1-6-8-10-12-13-14-15-16-17-18-22-27(34)36-30(3,4)33(5)23-20-21-26(25-33)28-29(32-37-31-28)35-24-19-11-9-7-2/h21H,6-20,22-25H2,1-5H3/q+1. The maximum atomic E-state index is 12.7. The molecule has 2 heterocycles. The molecule has 0 bridgehead atoms. The number of likely N-dealkylation sites (N-methyl/N-ethyl adjacent to an activating group) is 1. The maximum Gasteiger partial charge on any atom is 0.310 e. The minimum atomic E-state index is -0.611. The van der Waals surface area contributed by atoms with E-state index in [0.29, 0.717) is 23.4 Å². The first-order valence-electron chi connectivity index (χ1n) is 15.0. The van der Waals surface area contributed by atoms with Crippen LogP contribution >= 0.6 is 11.7 Å². The summed E-state index contributed by atoms with van der Waals surface area (Å²) in [6.45, 7) is 10.9. The molecule has 0 N–H and O–H groups in total. The zero-order chi connectivity index (χ0) is 27.0. The number of carbonyl (C=O) groups is 1. The van der Waals surface area contributed by atoms with Gasteiger partial charge in [-0.2, -0.15) is 4.37 Å². The van der Waals surface area contributed by atoms with Crippen LogP contribution in [0.1, 0.15) is 136 Å². The Labute approximate surface area is 231 Å². The number of aromatic nitrogens is 2. The molecule has 1 unspecified atom stereocenters. The zero-order valence-corrected chi connectivity index (χ0v) is 25.3. The average molecular weight is 537 g/mol. The molecule has 1 aliphatic rings. The molecule has 0 aromatic carbocycles. The predicted molar refractivity (Wildman–Crippen MR) is 155 cm³/mol. The van der Waals surface area contributed by atoms with Crippen LogP contribution in [-0.4, -0.2) is 51.7 Å². The Kier molecular flexibility index (Phi) is 14.7. The van der Waals surface area contributed by atoms with Crippen molar-refractivity contribution in [1.29, 1.82) is 0 Å². The van der Waals surface area contributed by atoms with Gasteiger partial charge in [0.15, 0.2) is 0 Å². The smallest absolute Gasteiger partial charge is 0.310 e. The van der Waals surface area contributed by atoms with E-state index >= 15 is 0 Å². The predicted octanol–water partition coefficient (Wildman–Crippen LogP) is 8.32. The van der Waals surface area contributed by atoms with Gasteiger partial charge in [-0.25, -0.2) is 0 Å². The summed E-state index contributed by atoms with van der Waals surface area (Å²) >= 11 is 1.21. The van der Waals surface area contributed by atoms with Crippen LogP contribution < -0.4 is 4.74 Å². The Bertz CT molecular complexity index is 808. The van der Waals surface area contributed by atoms with Gasteiger partial charge in [-0.15, -0.1) is 4.37 Å². The number of unbranched alkanes of at least 4 members (excludes halogenated alkanes) is 12. The number of hydrogen-bond acceptors (Lipinski definition) is 6. The lowest BCUT2D eigenvalue weighted by Gasteiger charge is -2.47. The van der Waals surface area contributed by atoms with Gasteiger partial charge in [0, 0.05) is 32.3 Å². The first-order chi connectivity index (χ1) is 17.8. The van der Waals surface area contributed by atoms with E-state index in [1.54, 1.807) is 0 Å². The third-order valence-corrected chi connectivity index (χ3v) is 8.44. The van der Waals surface area contributed by atoms with Crippen molar-refractivity contribution < 1.29 is 18.8 Å². The number of carbonyl (C=O) groups excluding carboxylic acids is 1. The van der Waals surface area contributed by atoms with Gasteiger partial charge >= 0.3 is 5.97 Å². The van der Waals surface area contributed by atoms with Crippen molar-refractivity contribution in [1.82, 2.24) is 8.75 Å². The fraction of sp³-hybridized carbons (Fsp3) is 0.833. The molecule has 0 amide bonds. The van der Waals surface area contributed by atoms with Crippen molar-refractivity contribution in [3.8, 4) is 5.88 Å². The van der Waals surface area contributed by atoms with Gasteiger partial charge in [0.2, 0.25) is 5.72 Å². The van der Waals surface area contributed by atoms with Crippen LogP contribution in [-0.2, 0) is 9.53 Å². The van der Waals surface area contributed by atoms with E-state index in [-0.39, 0.29) is 5.97 Å². The van der Waals surface area contributed by atoms with E-state index in [1.165, 1.54) is 82.4 Å². The fourth-order valence-electron chi connectivity index (χ4n) is 5.04. The lowest BCUT2D eigenvalue weighted by molar-refractivity contribution is -0.971. The van der Waals surface area contributed by atoms with Gasteiger partial charge in [-0.05, 0) is 12.8 Å². The van der Waals surface area contributed by atoms with Crippen molar-refractivity contribution in [2.24, 2.45) is 0 Å². The highest BCUT2D eigenvalue weighted by molar-refractivity contribution is 6.99. The van der Waals surface area contributed by atoms with Gasteiger partial charge in [0.25, 0.3) is 5.88 Å². The molecule has 6 nitrogen and oxygen atoms in total. The first kappa shape index (κ1) is 31.7. The third-order valence-electron chi connectivity index (χ3n) is 7.93. The molecule has 212 valence electrons. The summed E-state index contributed by atoms with van der Waals surface area (Å²) in [4.78, 5) is 12.7. The SMILES string of the molecule is CCCCCCCCCCCCC(=O)OC(C)(C)[N+]1(C)CCC=C(c2nsnc2OCCCCCC)C1. The Balaban J connectivity index is 1.77. The van der Waals surface area contributed by atoms with Crippen LogP contribution in [0, 0.1) is 0 Å². The normalized spacial score (nSPS) is 18.0. The van der Waals surface area contributed by atoms with Crippen LogP contribution in [0.2, 0.25) is 0 Å². The second kappa shape index (κ2) is 17.2. The van der Waals surface area contributed by atoms with Crippen LogP contribution in [0.3, 0.4) is 0 Å². The average Bonchev–Trinajstić information content (AvgIpc) is 3.33. The van der Waals surface area contributed by atoms with Crippen LogP contribution in [0.4, 0.5) is 0 Å². The minimum Gasteiger partial charge on any atom is -0.475 e. The third kappa shape index (κ3) is 11.0. The second-order valence-electron chi connectivity index (χ2n) is 11.5. The van der Waals surface area contributed by atoms with Crippen molar-refractivity contribution in [2.45, 2.75) is 136 Å². The summed E-state index contributed by atoms with van der Waals surface area (Å²) in [5.74, 6) is 0.573. The molecule has 0 radical (unpaired) electrons. The summed E-state index contributed by atoms with van der Waals surface area (Å²) < 4.78 is 21.7. The number of quaternary nitrogens is 1. The molecule has 1 aromatic rings.